The SMILES string of the molecule is CCOC(=O)[C@@]1(C/C=C/c2ccccc2)CCCC1=O. The first-order chi connectivity index (χ1) is 9.69. The number of carbonyl (C=O) groups excluding carboxylic acids is 2. The number of benzene rings is 1. The number of ketones is 1. The van der Waals surface area contributed by atoms with Crippen LogP contribution in [0.5, 0.6) is 0 Å². The van der Waals surface area contributed by atoms with Crippen LogP contribution in [-0.2, 0) is 14.3 Å². The van der Waals surface area contributed by atoms with Gasteiger partial charge in [0.05, 0.1) is 6.61 Å². The summed E-state index contributed by atoms with van der Waals surface area (Å²) in [5.74, 6) is -0.339. The minimum Gasteiger partial charge on any atom is -0.465 e. The monoisotopic (exact) mass is 272 g/mol. The highest BCUT2D eigenvalue weighted by Gasteiger charge is 2.48. The summed E-state index contributed by atoms with van der Waals surface area (Å²) in [6.45, 7) is 2.08. The third-order valence-corrected chi connectivity index (χ3v) is 3.78. The molecule has 2 rings (SSSR count). The molecule has 1 aromatic rings. The number of hydrogen-bond donors (Lipinski definition) is 0. The van der Waals surface area contributed by atoms with Crippen molar-refractivity contribution in [3.05, 3.63) is 42.0 Å². The fraction of sp³-hybridized carbons (Fsp3) is 0.412. The fourth-order valence-corrected chi connectivity index (χ4v) is 2.67. The molecule has 1 fully saturated rings. The summed E-state index contributed by atoms with van der Waals surface area (Å²) >= 11 is 0. The Morgan fingerprint density at radius 1 is 1.35 bits per heavy atom. The van der Waals surface area contributed by atoms with Gasteiger partial charge in [0.15, 0.2) is 5.78 Å². The lowest BCUT2D eigenvalue weighted by Crippen LogP contribution is -2.36. The van der Waals surface area contributed by atoms with Crippen LogP contribution in [0.4, 0.5) is 0 Å². The Labute approximate surface area is 119 Å². The number of carbonyl (C=O) groups is 2. The second kappa shape index (κ2) is 6.51. The van der Waals surface area contributed by atoms with Crippen LogP contribution in [0, 0.1) is 5.41 Å². The highest BCUT2D eigenvalue weighted by atomic mass is 16.5. The van der Waals surface area contributed by atoms with E-state index < -0.39 is 5.41 Å². The summed E-state index contributed by atoms with van der Waals surface area (Å²) in [6.07, 6.45) is 6.15. The first-order valence-corrected chi connectivity index (χ1v) is 7.11. The third kappa shape index (κ3) is 2.98. The molecule has 0 heterocycles. The van der Waals surface area contributed by atoms with Crippen molar-refractivity contribution in [2.45, 2.75) is 32.6 Å². The molecule has 0 amide bonds. The van der Waals surface area contributed by atoms with E-state index in [2.05, 4.69) is 0 Å². The molecule has 20 heavy (non-hydrogen) atoms. The van der Waals surface area contributed by atoms with Gasteiger partial charge in [-0.3, -0.25) is 9.59 Å². The van der Waals surface area contributed by atoms with Crippen LogP contribution < -0.4 is 0 Å². The zero-order valence-corrected chi connectivity index (χ0v) is 11.8. The molecule has 3 heteroatoms. The Balaban J connectivity index is 2.11. The second-order valence-electron chi connectivity index (χ2n) is 5.10. The average Bonchev–Trinajstić information content (AvgIpc) is 2.83. The zero-order chi connectivity index (χ0) is 14.4. The minimum atomic E-state index is -0.943. The van der Waals surface area contributed by atoms with Gasteiger partial charge in [-0.15, -0.1) is 0 Å². The largest absolute Gasteiger partial charge is 0.465 e. The van der Waals surface area contributed by atoms with Gasteiger partial charge in [0, 0.05) is 6.42 Å². The molecule has 0 spiro atoms. The summed E-state index contributed by atoms with van der Waals surface area (Å²) in [4.78, 5) is 24.3. The minimum absolute atomic E-state index is 0.0219. The zero-order valence-electron chi connectivity index (χ0n) is 11.8. The molecule has 3 nitrogen and oxygen atoms in total. The molecule has 1 aliphatic carbocycles. The van der Waals surface area contributed by atoms with Gasteiger partial charge in [0.25, 0.3) is 0 Å². The van der Waals surface area contributed by atoms with E-state index in [-0.39, 0.29) is 11.8 Å². The molecular formula is C17H20O3. The summed E-state index contributed by atoms with van der Waals surface area (Å²) in [6, 6.07) is 9.86. The van der Waals surface area contributed by atoms with Crippen molar-refractivity contribution >= 4 is 17.8 Å². The van der Waals surface area contributed by atoms with E-state index in [0.717, 1.165) is 12.0 Å². The molecule has 0 aliphatic heterocycles. The van der Waals surface area contributed by atoms with E-state index in [0.29, 0.717) is 25.9 Å². The van der Waals surface area contributed by atoms with E-state index >= 15 is 0 Å². The molecule has 0 saturated heterocycles. The van der Waals surface area contributed by atoms with Crippen molar-refractivity contribution in [1.29, 1.82) is 0 Å². The van der Waals surface area contributed by atoms with Gasteiger partial charge in [-0.25, -0.2) is 0 Å². The number of ether oxygens (including phenoxy) is 1. The highest BCUT2D eigenvalue weighted by molar-refractivity contribution is 6.05. The Kier molecular flexibility index (Phi) is 4.72. The summed E-state index contributed by atoms with van der Waals surface area (Å²) in [7, 11) is 0. The van der Waals surface area contributed by atoms with Crippen LogP contribution in [0.15, 0.2) is 36.4 Å². The van der Waals surface area contributed by atoms with E-state index in [1.54, 1.807) is 6.92 Å². The van der Waals surface area contributed by atoms with Gasteiger partial charge in [0.2, 0.25) is 0 Å². The van der Waals surface area contributed by atoms with Crippen LogP contribution in [0.1, 0.15) is 38.2 Å². The molecule has 0 bridgehead atoms. The maximum atomic E-state index is 12.1. The normalized spacial score (nSPS) is 22.4. The van der Waals surface area contributed by atoms with Gasteiger partial charge in [-0.1, -0.05) is 42.5 Å². The fourth-order valence-electron chi connectivity index (χ4n) is 2.67. The predicted octanol–water partition coefficient (Wildman–Crippen LogP) is 3.39. The number of Topliss-reactive ketones (excluding diaryl/α,β-unsaturated/α-hetero) is 1. The van der Waals surface area contributed by atoms with Crippen LogP contribution >= 0.6 is 0 Å². The van der Waals surface area contributed by atoms with Crippen molar-refractivity contribution in [1.82, 2.24) is 0 Å². The van der Waals surface area contributed by atoms with Gasteiger partial charge in [0.1, 0.15) is 5.41 Å². The standard InChI is InChI=1S/C17H20O3/c1-2-20-16(19)17(13-7-11-15(17)18)12-6-10-14-8-4-3-5-9-14/h3-6,8-10H,2,7,11-13H2,1H3/b10-6+/t17-/m0/s1. The van der Waals surface area contributed by atoms with Crippen molar-refractivity contribution < 1.29 is 14.3 Å². The van der Waals surface area contributed by atoms with E-state index in [9.17, 15) is 9.59 Å². The highest BCUT2D eigenvalue weighted by Crippen LogP contribution is 2.39. The molecule has 1 aliphatic rings. The summed E-state index contributed by atoms with van der Waals surface area (Å²) in [5.41, 5.74) is 0.123. The molecule has 106 valence electrons. The molecular weight excluding hydrogens is 252 g/mol. The van der Waals surface area contributed by atoms with E-state index in [1.807, 2.05) is 42.5 Å². The van der Waals surface area contributed by atoms with Gasteiger partial charge in [-0.2, -0.15) is 0 Å². The van der Waals surface area contributed by atoms with Gasteiger partial charge >= 0.3 is 5.97 Å². The number of hydrogen-bond acceptors (Lipinski definition) is 3. The van der Waals surface area contributed by atoms with Crippen LogP contribution in [-0.4, -0.2) is 18.4 Å². The quantitative estimate of drug-likeness (QED) is 0.609. The lowest BCUT2D eigenvalue weighted by Gasteiger charge is -2.23. The van der Waals surface area contributed by atoms with Crippen LogP contribution in [0.3, 0.4) is 0 Å². The molecule has 1 atom stereocenters. The molecule has 1 aromatic carbocycles. The van der Waals surface area contributed by atoms with Crippen molar-refractivity contribution in [3.63, 3.8) is 0 Å². The smallest absolute Gasteiger partial charge is 0.319 e. The van der Waals surface area contributed by atoms with Crippen LogP contribution in [0.25, 0.3) is 6.08 Å². The van der Waals surface area contributed by atoms with Crippen molar-refractivity contribution in [2.24, 2.45) is 5.41 Å². The lowest BCUT2D eigenvalue weighted by molar-refractivity contribution is -0.158. The molecule has 0 unspecified atom stereocenters. The molecule has 0 aromatic heterocycles. The van der Waals surface area contributed by atoms with Gasteiger partial charge < -0.3 is 4.74 Å². The molecule has 0 N–H and O–H groups in total. The Bertz CT molecular complexity index is 504. The Morgan fingerprint density at radius 3 is 2.70 bits per heavy atom. The third-order valence-electron chi connectivity index (χ3n) is 3.78. The average molecular weight is 272 g/mol. The molecule has 1 saturated carbocycles. The summed E-state index contributed by atoms with van der Waals surface area (Å²) in [5, 5.41) is 0. The number of esters is 1. The Morgan fingerprint density at radius 2 is 2.10 bits per heavy atom. The predicted molar refractivity (Wildman–Crippen MR) is 78.0 cm³/mol. The van der Waals surface area contributed by atoms with E-state index in [1.165, 1.54) is 0 Å². The van der Waals surface area contributed by atoms with E-state index in [4.69, 9.17) is 4.74 Å². The first-order valence-electron chi connectivity index (χ1n) is 7.11. The van der Waals surface area contributed by atoms with Crippen molar-refractivity contribution in [3.8, 4) is 0 Å². The second-order valence-corrected chi connectivity index (χ2v) is 5.10. The van der Waals surface area contributed by atoms with Crippen LogP contribution in [0.2, 0.25) is 0 Å². The summed E-state index contributed by atoms with van der Waals surface area (Å²) < 4.78 is 5.11. The van der Waals surface area contributed by atoms with Crippen molar-refractivity contribution in [2.75, 3.05) is 6.61 Å². The first kappa shape index (κ1) is 14.5. The topological polar surface area (TPSA) is 43.4 Å². The maximum Gasteiger partial charge on any atom is 0.319 e. The lowest BCUT2D eigenvalue weighted by atomic mass is 9.81. The number of rotatable bonds is 5. The molecule has 0 radical (unpaired) electrons. The van der Waals surface area contributed by atoms with Gasteiger partial charge in [-0.05, 0) is 31.7 Å². The maximum absolute atomic E-state index is 12.1. The Hall–Kier alpha value is -1.90. The number of allylic oxidation sites excluding steroid dienone is 1.